The number of nitriles is 1. The van der Waals surface area contributed by atoms with Crippen molar-refractivity contribution in [2.24, 2.45) is 0 Å². The molecular formula is C46H52N6O4. The normalized spacial score (nSPS) is 15.4. The average Bonchev–Trinajstić information content (AvgIpc) is 3.22. The van der Waals surface area contributed by atoms with Gasteiger partial charge < -0.3 is 24.3 Å². The van der Waals surface area contributed by atoms with Crippen molar-refractivity contribution in [3.05, 3.63) is 137 Å². The molecule has 0 unspecified atom stereocenters. The molecule has 1 atom stereocenters. The maximum absolute atomic E-state index is 14.7. The summed E-state index contributed by atoms with van der Waals surface area (Å²) < 4.78 is 5.80. The third kappa shape index (κ3) is 10.9. The minimum atomic E-state index is -0.735. The fourth-order valence-electron chi connectivity index (χ4n) is 7.27. The van der Waals surface area contributed by atoms with Gasteiger partial charge >= 0.3 is 0 Å². The number of hydrogen-bond acceptors (Lipinski definition) is 7. The standard InChI is InChI=1S/C46H52N6O4/c1-35(2)56-43-20-15-37(16-21-43)17-22-45(54)52(34-41-13-18-42(19-14-41)50-29-27-49(28-30-50)36(3)53)44(31-38-7-5-4-6-8-38)46(55)51-25-23-48(24-26-51)33-40-11-9-39(32-47)10-12-40/h4-22,35,44H,23-31,33-34H2,1-3H3/t44-/m0/s1. The van der Waals surface area contributed by atoms with E-state index in [1.165, 1.54) is 0 Å². The molecule has 6 rings (SSSR count). The number of anilines is 1. The number of benzene rings is 4. The van der Waals surface area contributed by atoms with Crippen LogP contribution in [0, 0.1) is 11.3 Å². The molecule has 0 bridgehead atoms. The topological polar surface area (TPSA) is 100 Å². The van der Waals surface area contributed by atoms with Crippen molar-refractivity contribution in [1.29, 1.82) is 5.26 Å². The molecule has 10 nitrogen and oxygen atoms in total. The van der Waals surface area contributed by atoms with Crippen LogP contribution >= 0.6 is 0 Å². The molecule has 2 saturated heterocycles. The molecule has 0 aliphatic carbocycles. The number of piperazine rings is 2. The van der Waals surface area contributed by atoms with Crippen LogP contribution in [0.15, 0.2) is 109 Å². The van der Waals surface area contributed by atoms with Crippen molar-refractivity contribution in [3.8, 4) is 11.8 Å². The Morgan fingerprint density at radius 1 is 0.750 bits per heavy atom. The first-order valence-corrected chi connectivity index (χ1v) is 19.5. The predicted molar refractivity (Wildman–Crippen MR) is 220 cm³/mol. The Kier molecular flexibility index (Phi) is 13.6. The van der Waals surface area contributed by atoms with Gasteiger partial charge in [-0.1, -0.05) is 66.7 Å². The van der Waals surface area contributed by atoms with Crippen molar-refractivity contribution in [1.82, 2.24) is 19.6 Å². The maximum atomic E-state index is 14.7. The summed E-state index contributed by atoms with van der Waals surface area (Å²) in [6, 6.07) is 34.8. The van der Waals surface area contributed by atoms with Crippen LogP contribution in [0.25, 0.3) is 6.08 Å². The zero-order valence-electron chi connectivity index (χ0n) is 32.7. The Hall–Kier alpha value is -5.92. The van der Waals surface area contributed by atoms with Crippen molar-refractivity contribution < 1.29 is 19.1 Å². The molecule has 0 aromatic heterocycles. The molecule has 0 radical (unpaired) electrons. The summed E-state index contributed by atoms with van der Waals surface area (Å²) in [4.78, 5) is 51.1. The molecule has 2 aliphatic heterocycles. The average molecular weight is 753 g/mol. The molecule has 0 saturated carbocycles. The number of ether oxygens (including phenoxy) is 1. The molecule has 0 N–H and O–H groups in total. The van der Waals surface area contributed by atoms with Gasteiger partial charge in [0.2, 0.25) is 17.7 Å². The van der Waals surface area contributed by atoms with E-state index in [0.29, 0.717) is 51.3 Å². The van der Waals surface area contributed by atoms with E-state index >= 15 is 0 Å². The van der Waals surface area contributed by atoms with Crippen LogP contribution in [0.1, 0.15) is 48.6 Å². The summed E-state index contributed by atoms with van der Waals surface area (Å²) in [7, 11) is 0. The second-order valence-electron chi connectivity index (χ2n) is 14.8. The molecule has 10 heteroatoms. The highest BCUT2D eigenvalue weighted by atomic mass is 16.5. The summed E-state index contributed by atoms with van der Waals surface area (Å²) in [5, 5.41) is 9.18. The van der Waals surface area contributed by atoms with Crippen molar-refractivity contribution in [2.45, 2.75) is 52.4 Å². The van der Waals surface area contributed by atoms with Gasteiger partial charge in [-0.15, -0.1) is 0 Å². The lowest BCUT2D eigenvalue weighted by atomic mass is 10.0. The highest BCUT2D eigenvalue weighted by Gasteiger charge is 2.34. The van der Waals surface area contributed by atoms with Crippen LogP contribution in [0.4, 0.5) is 5.69 Å². The lowest BCUT2D eigenvalue weighted by Crippen LogP contribution is -2.56. The highest BCUT2D eigenvalue weighted by Crippen LogP contribution is 2.23. The van der Waals surface area contributed by atoms with Crippen molar-refractivity contribution >= 4 is 29.5 Å². The van der Waals surface area contributed by atoms with E-state index in [0.717, 1.165) is 53.3 Å². The third-order valence-electron chi connectivity index (χ3n) is 10.4. The van der Waals surface area contributed by atoms with E-state index in [-0.39, 0.29) is 30.4 Å². The first-order valence-electron chi connectivity index (χ1n) is 19.5. The number of carbonyl (C=O) groups is 3. The first-order chi connectivity index (χ1) is 27.1. The van der Waals surface area contributed by atoms with E-state index in [4.69, 9.17) is 4.74 Å². The van der Waals surface area contributed by atoms with Gasteiger partial charge in [-0.25, -0.2) is 0 Å². The molecule has 4 aromatic rings. The molecule has 290 valence electrons. The lowest BCUT2D eigenvalue weighted by molar-refractivity contribution is -0.145. The number of nitrogens with zero attached hydrogens (tertiary/aromatic N) is 6. The Balaban J connectivity index is 1.23. The summed E-state index contributed by atoms with van der Waals surface area (Å²) in [5.41, 5.74) is 5.58. The second kappa shape index (κ2) is 19.1. The van der Waals surface area contributed by atoms with E-state index in [1.807, 2.05) is 115 Å². The first kappa shape index (κ1) is 39.8. The Morgan fingerprint density at radius 2 is 1.38 bits per heavy atom. The van der Waals surface area contributed by atoms with E-state index in [2.05, 4.69) is 28.0 Å². The van der Waals surface area contributed by atoms with E-state index < -0.39 is 6.04 Å². The fraction of sp³-hybridized carbons (Fsp3) is 0.348. The summed E-state index contributed by atoms with van der Waals surface area (Å²) in [6.45, 7) is 12.0. The fourth-order valence-corrected chi connectivity index (χ4v) is 7.27. The third-order valence-corrected chi connectivity index (χ3v) is 10.4. The minimum absolute atomic E-state index is 0.0575. The molecule has 0 spiro atoms. The Morgan fingerprint density at radius 3 is 1.98 bits per heavy atom. The quantitative estimate of drug-likeness (QED) is 0.154. The van der Waals surface area contributed by atoms with Crippen LogP contribution in [-0.4, -0.2) is 102 Å². The van der Waals surface area contributed by atoms with Crippen LogP contribution < -0.4 is 9.64 Å². The molecule has 2 fully saturated rings. The largest absolute Gasteiger partial charge is 0.491 e. The number of amides is 3. The molecule has 4 aromatic carbocycles. The van der Waals surface area contributed by atoms with Crippen LogP contribution in [0.5, 0.6) is 5.75 Å². The molecular weight excluding hydrogens is 701 g/mol. The van der Waals surface area contributed by atoms with Gasteiger partial charge in [0.25, 0.3) is 0 Å². The SMILES string of the molecule is CC(=O)N1CCN(c2ccc(CN(C(=O)C=Cc3ccc(OC(C)C)cc3)[C@@H](Cc3ccccc3)C(=O)N3CCN(Cc4ccc(C#N)cc4)CC3)cc2)CC1. The smallest absolute Gasteiger partial charge is 0.247 e. The second-order valence-corrected chi connectivity index (χ2v) is 14.8. The highest BCUT2D eigenvalue weighted by molar-refractivity contribution is 5.96. The van der Waals surface area contributed by atoms with Gasteiger partial charge in [0.05, 0.1) is 17.7 Å². The summed E-state index contributed by atoms with van der Waals surface area (Å²) >= 11 is 0. The number of hydrogen-bond donors (Lipinski definition) is 0. The van der Waals surface area contributed by atoms with Gasteiger partial charge in [-0.3, -0.25) is 19.3 Å². The van der Waals surface area contributed by atoms with Crippen molar-refractivity contribution in [2.75, 3.05) is 57.3 Å². The number of rotatable bonds is 13. The van der Waals surface area contributed by atoms with Gasteiger partial charge in [-0.05, 0) is 78.6 Å². The van der Waals surface area contributed by atoms with Gasteiger partial charge in [-0.2, -0.15) is 5.26 Å². The molecule has 2 heterocycles. The molecule has 56 heavy (non-hydrogen) atoms. The van der Waals surface area contributed by atoms with Crippen molar-refractivity contribution in [3.63, 3.8) is 0 Å². The van der Waals surface area contributed by atoms with Crippen LogP contribution in [0.3, 0.4) is 0 Å². The van der Waals surface area contributed by atoms with E-state index in [1.54, 1.807) is 24.0 Å². The Labute approximate surface area is 331 Å². The zero-order valence-corrected chi connectivity index (χ0v) is 32.7. The van der Waals surface area contributed by atoms with Gasteiger partial charge in [0.1, 0.15) is 11.8 Å². The van der Waals surface area contributed by atoms with Gasteiger partial charge in [0.15, 0.2) is 0 Å². The number of carbonyl (C=O) groups excluding carboxylic acids is 3. The van der Waals surface area contributed by atoms with E-state index in [9.17, 15) is 19.6 Å². The minimum Gasteiger partial charge on any atom is -0.491 e. The monoisotopic (exact) mass is 752 g/mol. The molecule has 3 amide bonds. The lowest BCUT2D eigenvalue weighted by Gasteiger charge is -2.39. The predicted octanol–water partition coefficient (Wildman–Crippen LogP) is 6.01. The molecule has 2 aliphatic rings. The van der Waals surface area contributed by atoms with Crippen LogP contribution in [-0.2, 0) is 33.9 Å². The summed E-state index contributed by atoms with van der Waals surface area (Å²) in [5.74, 6) is 0.551. The maximum Gasteiger partial charge on any atom is 0.247 e. The van der Waals surface area contributed by atoms with Gasteiger partial charge in [0, 0.05) is 90.6 Å². The Bertz CT molecular complexity index is 1970. The zero-order chi connectivity index (χ0) is 39.4. The summed E-state index contributed by atoms with van der Waals surface area (Å²) in [6.07, 6.45) is 3.80. The van der Waals surface area contributed by atoms with Crippen LogP contribution in [0.2, 0.25) is 0 Å².